The summed E-state index contributed by atoms with van der Waals surface area (Å²) in [6.07, 6.45) is 11.1. The Hall–Kier alpha value is -2.60. The summed E-state index contributed by atoms with van der Waals surface area (Å²) in [7, 11) is -1.67. The molecule has 0 spiro atoms. The van der Waals surface area contributed by atoms with Gasteiger partial charge in [-0.15, -0.1) is 0 Å². The molecular weight excluding hydrogens is 409 g/mol. The molecule has 0 amide bonds. The lowest BCUT2D eigenvalue weighted by atomic mass is 10.1. The molecule has 0 heterocycles. The molecule has 0 aliphatic carbocycles. The molecule has 4 heteroatoms. The van der Waals surface area contributed by atoms with Crippen LogP contribution in [0.5, 0.6) is 0 Å². The lowest BCUT2D eigenvalue weighted by Crippen LogP contribution is -2.33. The summed E-state index contributed by atoms with van der Waals surface area (Å²) in [6.45, 7) is 0.640. The highest BCUT2D eigenvalue weighted by molar-refractivity contribution is 7.95. The highest BCUT2D eigenvalue weighted by Gasteiger charge is 2.44. The van der Waals surface area contributed by atoms with Crippen molar-refractivity contribution in [1.82, 2.24) is 0 Å². The Morgan fingerprint density at radius 1 is 0.531 bits per heavy atom. The molecule has 0 aliphatic rings. The zero-order chi connectivity index (χ0) is 22.3. The molecule has 166 valence electrons. The van der Waals surface area contributed by atoms with E-state index in [1.807, 2.05) is 0 Å². The first-order valence-corrected chi connectivity index (χ1v) is 13.9. The van der Waals surface area contributed by atoms with Gasteiger partial charge < -0.3 is 0 Å². The van der Waals surface area contributed by atoms with Gasteiger partial charge in [0.2, 0.25) is 0 Å². The van der Waals surface area contributed by atoms with Crippen molar-refractivity contribution in [1.29, 1.82) is 0 Å². The SMILES string of the molecule is [N-]=[N+]=NCCCCCCCCCC[P+](c1ccccc1)(c1ccccc1)c1ccccc1. The average molecular weight is 445 g/mol. The van der Waals surface area contributed by atoms with Gasteiger partial charge in [0.15, 0.2) is 0 Å². The van der Waals surface area contributed by atoms with E-state index in [1.165, 1.54) is 67.0 Å². The third-order valence-electron chi connectivity index (χ3n) is 6.16. The molecule has 0 N–H and O–H groups in total. The minimum atomic E-state index is -1.67. The smallest absolute Gasteiger partial charge is 0.0940 e. The van der Waals surface area contributed by atoms with E-state index in [2.05, 4.69) is 101 Å². The third-order valence-corrected chi connectivity index (χ3v) is 10.7. The van der Waals surface area contributed by atoms with Gasteiger partial charge in [-0.2, -0.15) is 0 Å². The second-order valence-corrected chi connectivity index (χ2v) is 11.9. The first kappa shape index (κ1) is 24.1. The van der Waals surface area contributed by atoms with Gasteiger partial charge in [0.05, 0.1) is 6.16 Å². The van der Waals surface area contributed by atoms with E-state index < -0.39 is 7.26 Å². The second kappa shape index (κ2) is 13.7. The number of azide groups is 1. The third kappa shape index (κ3) is 6.70. The fraction of sp³-hybridized carbons (Fsp3) is 0.357. The van der Waals surface area contributed by atoms with Crippen molar-refractivity contribution in [3.63, 3.8) is 0 Å². The predicted octanol–water partition coefficient (Wildman–Crippen LogP) is 7.41. The molecule has 0 bridgehead atoms. The van der Waals surface area contributed by atoms with Gasteiger partial charge in [-0.1, -0.05) is 91.8 Å². The van der Waals surface area contributed by atoms with Gasteiger partial charge in [0, 0.05) is 11.5 Å². The summed E-state index contributed by atoms with van der Waals surface area (Å²) in [5.41, 5.74) is 8.33. The second-order valence-electron chi connectivity index (χ2n) is 8.32. The minimum Gasteiger partial charge on any atom is -0.0940 e. The van der Waals surface area contributed by atoms with Crippen LogP contribution in [0.25, 0.3) is 10.4 Å². The molecule has 0 fully saturated rings. The van der Waals surface area contributed by atoms with Crippen molar-refractivity contribution in [3.05, 3.63) is 101 Å². The van der Waals surface area contributed by atoms with Crippen molar-refractivity contribution >= 4 is 23.2 Å². The standard InChI is InChI=1S/C28H35N3P/c29-31-30-24-16-5-3-1-2-4-6-17-25-32(26-18-10-7-11-19-26,27-20-12-8-13-21-27)28-22-14-9-15-23-28/h7-15,18-23H,1-6,16-17,24-25H2/q+1. The topological polar surface area (TPSA) is 48.8 Å². The minimum absolute atomic E-state index is 0.640. The molecule has 3 nitrogen and oxygen atoms in total. The summed E-state index contributed by atoms with van der Waals surface area (Å²) in [5.74, 6) is 0. The molecule has 0 aliphatic heterocycles. The number of hydrogen-bond acceptors (Lipinski definition) is 1. The molecule has 3 aromatic rings. The zero-order valence-corrected chi connectivity index (χ0v) is 19.9. The predicted molar refractivity (Wildman–Crippen MR) is 141 cm³/mol. The molecule has 0 aromatic heterocycles. The van der Waals surface area contributed by atoms with E-state index in [4.69, 9.17) is 5.53 Å². The summed E-state index contributed by atoms with van der Waals surface area (Å²) in [6, 6.07) is 33.6. The fourth-order valence-corrected chi connectivity index (χ4v) is 8.93. The molecule has 0 atom stereocenters. The lowest BCUT2D eigenvalue weighted by Gasteiger charge is -2.27. The normalized spacial score (nSPS) is 11.1. The van der Waals surface area contributed by atoms with Gasteiger partial charge in [-0.25, -0.2) is 0 Å². The van der Waals surface area contributed by atoms with E-state index in [1.54, 1.807) is 0 Å². The van der Waals surface area contributed by atoms with Crippen LogP contribution in [0, 0.1) is 0 Å². The van der Waals surface area contributed by atoms with Crippen molar-refractivity contribution in [2.45, 2.75) is 51.4 Å². The Bertz CT molecular complexity index is 842. The maximum absolute atomic E-state index is 8.33. The summed E-state index contributed by atoms with van der Waals surface area (Å²) in [4.78, 5) is 2.82. The molecule has 32 heavy (non-hydrogen) atoms. The maximum atomic E-state index is 8.33. The van der Waals surface area contributed by atoms with Crippen LogP contribution in [0.15, 0.2) is 96.1 Å². The number of benzene rings is 3. The van der Waals surface area contributed by atoms with Gasteiger partial charge >= 0.3 is 0 Å². The average Bonchev–Trinajstić information content (AvgIpc) is 2.87. The number of rotatable bonds is 14. The summed E-state index contributed by atoms with van der Waals surface area (Å²) >= 11 is 0. The van der Waals surface area contributed by atoms with E-state index in [0.717, 1.165) is 6.42 Å². The first-order valence-electron chi connectivity index (χ1n) is 11.9. The van der Waals surface area contributed by atoms with Crippen LogP contribution < -0.4 is 15.9 Å². The van der Waals surface area contributed by atoms with Gasteiger partial charge in [-0.05, 0) is 61.2 Å². The van der Waals surface area contributed by atoms with Crippen LogP contribution in [-0.2, 0) is 0 Å². The summed E-state index contributed by atoms with van der Waals surface area (Å²) in [5, 5.41) is 8.06. The number of nitrogens with zero attached hydrogens (tertiary/aromatic N) is 3. The molecule has 0 saturated heterocycles. The number of hydrogen-bond donors (Lipinski definition) is 0. The van der Waals surface area contributed by atoms with Gasteiger partial charge in [0.1, 0.15) is 23.2 Å². The van der Waals surface area contributed by atoms with Crippen LogP contribution in [0.2, 0.25) is 0 Å². The van der Waals surface area contributed by atoms with E-state index in [0.29, 0.717) is 6.54 Å². The van der Waals surface area contributed by atoms with Crippen LogP contribution in [0.3, 0.4) is 0 Å². The van der Waals surface area contributed by atoms with Crippen molar-refractivity contribution in [2.75, 3.05) is 12.7 Å². The van der Waals surface area contributed by atoms with Crippen LogP contribution >= 0.6 is 7.26 Å². The Kier molecular flexibility index (Phi) is 10.3. The van der Waals surface area contributed by atoms with Crippen LogP contribution in [0.1, 0.15) is 51.4 Å². The largest absolute Gasteiger partial charge is 0.112 e. The molecule has 3 rings (SSSR count). The summed E-state index contributed by atoms with van der Waals surface area (Å²) < 4.78 is 0. The van der Waals surface area contributed by atoms with Gasteiger partial charge in [0.25, 0.3) is 0 Å². The monoisotopic (exact) mass is 444 g/mol. The zero-order valence-electron chi connectivity index (χ0n) is 19.0. The molecular formula is C28H35N3P+. The lowest BCUT2D eigenvalue weighted by molar-refractivity contribution is 0.579. The highest BCUT2D eigenvalue weighted by Crippen LogP contribution is 2.55. The maximum Gasteiger partial charge on any atom is 0.112 e. The van der Waals surface area contributed by atoms with Crippen LogP contribution in [0.4, 0.5) is 0 Å². The molecule has 0 saturated carbocycles. The van der Waals surface area contributed by atoms with E-state index in [-0.39, 0.29) is 0 Å². The highest BCUT2D eigenvalue weighted by atomic mass is 31.2. The van der Waals surface area contributed by atoms with E-state index >= 15 is 0 Å². The Balaban J connectivity index is 1.66. The van der Waals surface area contributed by atoms with Crippen molar-refractivity contribution in [2.24, 2.45) is 5.11 Å². The quantitative estimate of drug-likeness (QED) is 0.0817. The van der Waals surface area contributed by atoms with Crippen molar-refractivity contribution < 1.29 is 0 Å². The Morgan fingerprint density at radius 3 is 1.31 bits per heavy atom. The Labute approximate surface area is 193 Å². The number of unbranched alkanes of at least 4 members (excludes halogenated alkanes) is 7. The molecule has 0 radical (unpaired) electrons. The van der Waals surface area contributed by atoms with Gasteiger partial charge in [-0.3, -0.25) is 0 Å². The first-order chi connectivity index (χ1) is 15.9. The van der Waals surface area contributed by atoms with Crippen LogP contribution in [-0.4, -0.2) is 12.7 Å². The van der Waals surface area contributed by atoms with Crippen molar-refractivity contribution in [3.8, 4) is 0 Å². The fourth-order valence-electron chi connectivity index (χ4n) is 4.52. The molecule has 0 unspecified atom stereocenters. The Morgan fingerprint density at radius 2 is 0.906 bits per heavy atom. The van der Waals surface area contributed by atoms with E-state index in [9.17, 15) is 0 Å². The molecule has 3 aromatic carbocycles.